The summed E-state index contributed by atoms with van der Waals surface area (Å²) < 4.78 is 0. The molecule has 0 aliphatic heterocycles. The summed E-state index contributed by atoms with van der Waals surface area (Å²) in [5.74, 6) is 0. The van der Waals surface area contributed by atoms with E-state index in [4.69, 9.17) is 4.98 Å². The molecular weight excluding hydrogens is 280 g/mol. The van der Waals surface area contributed by atoms with E-state index in [9.17, 15) is 5.11 Å². The van der Waals surface area contributed by atoms with Crippen molar-refractivity contribution in [2.24, 2.45) is 5.41 Å². The first kappa shape index (κ1) is 14.7. The normalized spacial score (nSPS) is 17.7. The molecule has 1 aromatic carbocycles. The van der Waals surface area contributed by atoms with Crippen molar-refractivity contribution >= 4 is 11.3 Å². The van der Waals surface area contributed by atoms with E-state index in [1.54, 1.807) is 11.3 Å². The minimum absolute atomic E-state index is 0.148. The number of aliphatic hydroxyl groups excluding tert-OH is 1. The van der Waals surface area contributed by atoms with Crippen molar-refractivity contribution < 1.29 is 5.11 Å². The molecule has 1 atom stereocenters. The average Bonchev–Trinajstić information content (AvgIpc) is 3.20. The summed E-state index contributed by atoms with van der Waals surface area (Å²) >= 11 is 1.76. The van der Waals surface area contributed by atoms with E-state index in [1.165, 1.54) is 10.4 Å². The van der Waals surface area contributed by atoms with Gasteiger partial charge in [-0.2, -0.15) is 0 Å². The fourth-order valence-corrected chi connectivity index (χ4v) is 3.64. The number of aromatic nitrogens is 1. The lowest BCUT2D eigenvalue weighted by molar-refractivity contribution is 0.205. The van der Waals surface area contributed by atoms with Gasteiger partial charge in [0.05, 0.1) is 5.69 Å². The molecule has 2 N–H and O–H groups in total. The molecule has 0 saturated heterocycles. The smallest absolute Gasteiger partial charge is 0.123 e. The van der Waals surface area contributed by atoms with Gasteiger partial charge in [0.25, 0.3) is 0 Å². The fourth-order valence-electron chi connectivity index (χ4n) is 2.54. The molecular formula is C17H22N2OS. The van der Waals surface area contributed by atoms with Gasteiger partial charge in [-0.25, -0.2) is 4.98 Å². The largest absolute Gasteiger partial charge is 0.396 e. The van der Waals surface area contributed by atoms with Crippen molar-refractivity contribution in [2.75, 3.05) is 13.2 Å². The van der Waals surface area contributed by atoms with Crippen LogP contribution in [0.4, 0.5) is 0 Å². The van der Waals surface area contributed by atoms with Crippen LogP contribution in [0.2, 0.25) is 0 Å². The monoisotopic (exact) mass is 302 g/mol. The summed E-state index contributed by atoms with van der Waals surface area (Å²) in [5, 5.41) is 14.0. The molecule has 1 aliphatic carbocycles. The molecule has 3 rings (SSSR count). The van der Waals surface area contributed by atoms with E-state index in [0.717, 1.165) is 30.1 Å². The van der Waals surface area contributed by atoms with E-state index in [0.29, 0.717) is 6.61 Å². The van der Waals surface area contributed by atoms with Gasteiger partial charge in [0.1, 0.15) is 5.01 Å². The highest BCUT2D eigenvalue weighted by molar-refractivity contribution is 7.15. The Hall–Kier alpha value is -1.23. The van der Waals surface area contributed by atoms with Crippen LogP contribution in [-0.4, -0.2) is 23.2 Å². The molecule has 1 unspecified atom stereocenters. The zero-order valence-electron chi connectivity index (χ0n) is 12.6. The van der Waals surface area contributed by atoms with Gasteiger partial charge < -0.3 is 10.4 Å². The van der Waals surface area contributed by atoms with E-state index < -0.39 is 0 Å². The number of benzene rings is 1. The van der Waals surface area contributed by atoms with Crippen LogP contribution in [0.15, 0.2) is 30.3 Å². The van der Waals surface area contributed by atoms with Gasteiger partial charge in [-0.05, 0) is 26.7 Å². The molecule has 4 heteroatoms. The topological polar surface area (TPSA) is 45.2 Å². The number of rotatable bonds is 6. The van der Waals surface area contributed by atoms with Gasteiger partial charge in [0.2, 0.25) is 0 Å². The fraction of sp³-hybridized carbons (Fsp3) is 0.471. The van der Waals surface area contributed by atoms with Crippen molar-refractivity contribution in [3.63, 3.8) is 0 Å². The third-order valence-electron chi connectivity index (χ3n) is 4.32. The first-order valence-corrected chi connectivity index (χ1v) is 8.32. The summed E-state index contributed by atoms with van der Waals surface area (Å²) in [5.41, 5.74) is 2.43. The van der Waals surface area contributed by atoms with Crippen molar-refractivity contribution in [3.05, 3.63) is 40.9 Å². The minimum atomic E-state index is 0.148. The van der Waals surface area contributed by atoms with Gasteiger partial charge in [-0.1, -0.05) is 30.3 Å². The maximum atomic E-state index is 9.40. The van der Waals surface area contributed by atoms with Crippen LogP contribution in [0.3, 0.4) is 0 Å². The van der Waals surface area contributed by atoms with Crippen molar-refractivity contribution in [1.29, 1.82) is 0 Å². The number of nitrogens with zero attached hydrogens (tertiary/aromatic N) is 1. The summed E-state index contributed by atoms with van der Waals surface area (Å²) in [6.07, 6.45) is 2.28. The van der Waals surface area contributed by atoms with Crippen molar-refractivity contribution in [2.45, 2.75) is 32.7 Å². The average molecular weight is 302 g/mol. The second-order valence-electron chi connectivity index (χ2n) is 6.10. The van der Waals surface area contributed by atoms with Gasteiger partial charge in [-0.15, -0.1) is 11.3 Å². The second-order valence-corrected chi connectivity index (χ2v) is 7.13. The molecule has 0 radical (unpaired) electrons. The van der Waals surface area contributed by atoms with E-state index in [2.05, 4.69) is 31.3 Å². The third-order valence-corrected chi connectivity index (χ3v) is 5.71. The Bertz CT molecular complexity index is 605. The Kier molecular flexibility index (Phi) is 4.11. The van der Waals surface area contributed by atoms with Crippen LogP contribution in [0.1, 0.15) is 36.4 Å². The minimum Gasteiger partial charge on any atom is -0.396 e. The van der Waals surface area contributed by atoms with Crippen LogP contribution in [0, 0.1) is 12.3 Å². The Morgan fingerprint density at radius 3 is 2.67 bits per heavy atom. The van der Waals surface area contributed by atoms with Crippen molar-refractivity contribution in [1.82, 2.24) is 10.3 Å². The lowest BCUT2D eigenvalue weighted by atomic mass is 10.1. The summed E-state index contributed by atoms with van der Waals surface area (Å²) in [6.45, 7) is 5.45. The Morgan fingerprint density at radius 2 is 2.05 bits per heavy atom. The standard InChI is InChI=1S/C17H22N2OS/c1-12(18-10-17(11-20)8-9-17)15-13(2)19-16(21-15)14-6-4-3-5-7-14/h3-7,12,18,20H,8-11H2,1-2H3. The number of aliphatic hydroxyl groups is 1. The highest BCUT2D eigenvalue weighted by Gasteiger charge is 2.41. The Labute approximate surface area is 130 Å². The van der Waals surface area contributed by atoms with Gasteiger partial charge in [-0.3, -0.25) is 0 Å². The molecule has 0 amide bonds. The molecule has 112 valence electrons. The van der Waals surface area contributed by atoms with E-state index in [-0.39, 0.29) is 11.5 Å². The Morgan fingerprint density at radius 1 is 1.33 bits per heavy atom. The maximum Gasteiger partial charge on any atom is 0.123 e. The molecule has 0 bridgehead atoms. The lowest BCUT2D eigenvalue weighted by Gasteiger charge is -2.17. The molecule has 1 saturated carbocycles. The molecule has 1 fully saturated rings. The molecule has 1 aliphatic rings. The van der Waals surface area contributed by atoms with E-state index in [1.807, 2.05) is 18.2 Å². The van der Waals surface area contributed by atoms with Gasteiger partial charge >= 0.3 is 0 Å². The van der Waals surface area contributed by atoms with E-state index >= 15 is 0 Å². The summed E-state index contributed by atoms with van der Waals surface area (Å²) in [4.78, 5) is 6.01. The second kappa shape index (κ2) is 5.87. The van der Waals surface area contributed by atoms with Crippen LogP contribution in [-0.2, 0) is 0 Å². The van der Waals surface area contributed by atoms with Crippen LogP contribution < -0.4 is 5.32 Å². The molecule has 2 aromatic rings. The number of thiazole rings is 1. The zero-order chi connectivity index (χ0) is 14.9. The van der Waals surface area contributed by atoms with Gasteiger partial charge in [0, 0.05) is 35.0 Å². The zero-order valence-corrected chi connectivity index (χ0v) is 13.4. The number of hydrogen-bond donors (Lipinski definition) is 2. The maximum absolute atomic E-state index is 9.40. The molecule has 21 heavy (non-hydrogen) atoms. The molecule has 1 heterocycles. The first-order chi connectivity index (χ1) is 10.1. The Balaban J connectivity index is 1.72. The predicted molar refractivity (Wildman–Crippen MR) is 87.5 cm³/mol. The number of aryl methyl sites for hydroxylation is 1. The molecule has 0 spiro atoms. The van der Waals surface area contributed by atoms with Crippen molar-refractivity contribution in [3.8, 4) is 10.6 Å². The van der Waals surface area contributed by atoms with Crippen LogP contribution >= 0.6 is 11.3 Å². The molecule has 3 nitrogen and oxygen atoms in total. The van der Waals surface area contributed by atoms with Gasteiger partial charge in [0.15, 0.2) is 0 Å². The summed E-state index contributed by atoms with van der Waals surface area (Å²) in [7, 11) is 0. The summed E-state index contributed by atoms with van der Waals surface area (Å²) in [6, 6.07) is 10.6. The third kappa shape index (κ3) is 3.18. The lowest BCUT2D eigenvalue weighted by Crippen LogP contribution is -2.28. The highest BCUT2D eigenvalue weighted by Crippen LogP contribution is 2.44. The number of nitrogens with one attached hydrogen (secondary N) is 1. The highest BCUT2D eigenvalue weighted by atomic mass is 32.1. The van der Waals surface area contributed by atoms with Crippen LogP contribution in [0.5, 0.6) is 0 Å². The number of hydrogen-bond acceptors (Lipinski definition) is 4. The quantitative estimate of drug-likeness (QED) is 0.858. The molecule has 1 aromatic heterocycles. The first-order valence-electron chi connectivity index (χ1n) is 7.50. The SMILES string of the molecule is Cc1nc(-c2ccccc2)sc1C(C)NCC1(CO)CC1. The van der Waals surface area contributed by atoms with Crippen LogP contribution in [0.25, 0.3) is 10.6 Å². The predicted octanol–water partition coefficient (Wildman–Crippen LogP) is 3.54.